The molecule has 45 heavy (non-hydrogen) atoms. The Kier molecular flexibility index (Phi) is 7.85. The maximum atomic E-state index is 14.6. The van der Waals surface area contributed by atoms with Crippen LogP contribution in [0.5, 0.6) is 5.75 Å². The third kappa shape index (κ3) is 4.20. The second-order valence-electron chi connectivity index (χ2n) is 15.3. The van der Waals surface area contributed by atoms with Gasteiger partial charge in [0.15, 0.2) is 28.7 Å². The Morgan fingerprint density at radius 2 is 1.62 bits per heavy atom. The van der Waals surface area contributed by atoms with Gasteiger partial charge in [0.2, 0.25) is 0 Å². The van der Waals surface area contributed by atoms with Gasteiger partial charge in [-0.25, -0.2) is 0 Å². The van der Waals surface area contributed by atoms with Gasteiger partial charge in [-0.1, -0.05) is 91.3 Å². The molecular formula is C37H46O8. The molecule has 2 fully saturated rings. The fourth-order valence-corrected chi connectivity index (χ4v) is 9.48. The lowest BCUT2D eigenvalue weighted by Crippen LogP contribution is -2.81. The van der Waals surface area contributed by atoms with E-state index in [9.17, 15) is 39.3 Å². The molecule has 8 nitrogen and oxygen atoms in total. The number of ketones is 5. The van der Waals surface area contributed by atoms with Crippen LogP contribution in [-0.4, -0.2) is 55.9 Å². The molecule has 4 aliphatic carbocycles. The van der Waals surface area contributed by atoms with E-state index >= 15 is 0 Å². The van der Waals surface area contributed by atoms with E-state index in [1.165, 1.54) is 6.92 Å². The first-order valence-corrected chi connectivity index (χ1v) is 16.1. The maximum Gasteiger partial charge on any atom is 0.191 e. The summed E-state index contributed by atoms with van der Waals surface area (Å²) in [6, 6.07) is 3.57. The predicted molar refractivity (Wildman–Crippen MR) is 168 cm³/mol. The molecule has 3 N–H and O–H groups in total. The molecule has 0 radical (unpaired) electrons. The highest BCUT2D eigenvalue weighted by atomic mass is 16.3. The van der Waals surface area contributed by atoms with E-state index in [-0.39, 0.29) is 11.3 Å². The van der Waals surface area contributed by atoms with Crippen LogP contribution in [-0.2, 0) is 24.6 Å². The maximum absolute atomic E-state index is 14.6. The molecule has 8 heteroatoms. The molecule has 0 saturated heterocycles. The van der Waals surface area contributed by atoms with Crippen LogP contribution in [0.3, 0.4) is 0 Å². The number of benzene rings is 1. The van der Waals surface area contributed by atoms with Gasteiger partial charge in [0, 0.05) is 22.3 Å². The monoisotopic (exact) mass is 618 g/mol. The normalized spacial score (nSPS) is 36.4. The van der Waals surface area contributed by atoms with Crippen molar-refractivity contribution in [2.24, 2.45) is 40.4 Å². The van der Waals surface area contributed by atoms with Crippen molar-refractivity contribution in [3.63, 3.8) is 0 Å². The standard InChI is InChI=1S/C37H46O8/c1-18(2)26-29(40)24(20(4)38)31(42)37(45)32(43)27-30(41)25-22(19(3)35(27,7)33(44)36(26,37)8)15-16-23(28(25)39)34(5,6)17-11-14-21-12-9-10-13-21/h9-10,12-13,15-16,18-19,21,24,26-27,33,39,44-45H,11,14,17H2,1-8H3/t19-,24?,26?,27?,33-,35+,36+,37+/m1/s1. The van der Waals surface area contributed by atoms with Gasteiger partial charge in [-0.3, -0.25) is 24.0 Å². The third-order valence-electron chi connectivity index (χ3n) is 12.1. The fraction of sp³-hybridized carbons (Fsp3) is 0.595. The first kappa shape index (κ1) is 33.1. The number of Topliss-reactive ketones (excluding diaryl/α,β-unsaturated/α-hetero) is 5. The number of aliphatic hydroxyl groups is 2. The zero-order valence-corrected chi connectivity index (χ0v) is 27.5. The SMILES string of the molecule is CC(=O)C1C(=O)C(C(C)C)[C@@]2(C)[C@H](O)[C@]3(C)C(C(=O)c4c(ccc(C(C)(C)CCCC5C=CC=C5)c4O)[C@H]3C)C(=O)[C@@]2(O)C1=O. The summed E-state index contributed by atoms with van der Waals surface area (Å²) in [6.07, 6.45) is 9.20. The van der Waals surface area contributed by atoms with Crippen molar-refractivity contribution < 1.29 is 39.3 Å². The summed E-state index contributed by atoms with van der Waals surface area (Å²) in [5.74, 6) is -10.7. The van der Waals surface area contributed by atoms with Crippen LogP contribution in [0.2, 0.25) is 0 Å². The number of hydrogen-bond donors (Lipinski definition) is 3. The molecule has 1 aromatic carbocycles. The van der Waals surface area contributed by atoms with Crippen molar-refractivity contribution in [1.29, 1.82) is 0 Å². The molecule has 5 rings (SSSR count). The zero-order chi connectivity index (χ0) is 33.6. The summed E-state index contributed by atoms with van der Waals surface area (Å²) < 4.78 is 0. The van der Waals surface area contributed by atoms with E-state index < -0.39 is 86.5 Å². The Labute approximate surface area is 265 Å². The highest BCUT2D eigenvalue weighted by molar-refractivity contribution is 6.33. The summed E-state index contributed by atoms with van der Waals surface area (Å²) in [4.78, 5) is 69.4. The van der Waals surface area contributed by atoms with Crippen LogP contribution in [0.4, 0.5) is 0 Å². The highest BCUT2D eigenvalue weighted by Gasteiger charge is 2.80. The van der Waals surface area contributed by atoms with Crippen molar-refractivity contribution in [2.45, 2.75) is 97.7 Å². The Morgan fingerprint density at radius 3 is 2.18 bits per heavy atom. The molecule has 0 aromatic heterocycles. The van der Waals surface area contributed by atoms with Gasteiger partial charge in [-0.2, -0.15) is 0 Å². The molecular weight excluding hydrogens is 572 g/mol. The molecule has 1 aromatic rings. The zero-order valence-electron chi connectivity index (χ0n) is 27.5. The quantitative estimate of drug-likeness (QED) is 0.369. The summed E-state index contributed by atoms with van der Waals surface area (Å²) in [5.41, 5.74) is -6.10. The molecule has 4 aliphatic rings. The number of allylic oxidation sites excluding steroid dienone is 4. The lowest BCUT2D eigenvalue weighted by molar-refractivity contribution is -0.240. The third-order valence-corrected chi connectivity index (χ3v) is 12.1. The predicted octanol–water partition coefficient (Wildman–Crippen LogP) is 4.81. The number of hydrogen-bond acceptors (Lipinski definition) is 8. The fourth-order valence-electron chi connectivity index (χ4n) is 9.48. The van der Waals surface area contributed by atoms with Crippen LogP contribution >= 0.6 is 0 Å². The number of aromatic hydroxyl groups is 1. The Balaban J connectivity index is 1.64. The molecule has 242 valence electrons. The van der Waals surface area contributed by atoms with E-state index in [1.807, 2.05) is 26.0 Å². The van der Waals surface area contributed by atoms with Crippen molar-refractivity contribution in [1.82, 2.24) is 0 Å². The number of aliphatic hydroxyl groups excluding tert-OH is 1. The topological polar surface area (TPSA) is 146 Å². The summed E-state index contributed by atoms with van der Waals surface area (Å²) >= 11 is 0. The average molecular weight is 619 g/mol. The summed E-state index contributed by atoms with van der Waals surface area (Å²) in [7, 11) is 0. The molecule has 0 bridgehead atoms. The smallest absolute Gasteiger partial charge is 0.191 e. The van der Waals surface area contributed by atoms with E-state index in [1.54, 1.807) is 39.8 Å². The van der Waals surface area contributed by atoms with Gasteiger partial charge in [0.25, 0.3) is 0 Å². The number of carbonyl (C=O) groups excluding carboxylic acids is 5. The Hall–Kier alpha value is -3.23. The molecule has 0 spiro atoms. The lowest BCUT2D eigenvalue weighted by Gasteiger charge is -2.65. The molecule has 3 unspecified atom stereocenters. The minimum Gasteiger partial charge on any atom is -0.507 e. The number of fused-ring (bicyclic) bond motifs is 3. The molecule has 0 aliphatic heterocycles. The molecule has 0 heterocycles. The van der Waals surface area contributed by atoms with E-state index in [0.29, 0.717) is 17.0 Å². The largest absolute Gasteiger partial charge is 0.507 e. The van der Waals surface area contributed by atoms with Crippen LogP contribution in [0, 0.1) is 40.4 Å². The Morgan fingerprint density at radius 1 is 1.02 bits per heavy atom. The van der Waals surface area contributed by atoms with Crippen molar-refractivity contribution >= 4 is 28.9 Å². The average Bonchev–Trinajstić information content (AvgIpc) is 3.46. The first-order valence-electron chi connectivity index (χ1n) is 16.1. The summed E-state index contributed by atoms with van der Waals surface area (Å²) in [6.45, 7) is 13.1. The van der Waals surface area contributed by atoms with E-state index in [2.05, 4.69) is 12.2 Å². The number of carbonyl (C=O) groups is 5. The van der Waals surface area contributed by atoms with Gasteiger partial charge >= 0.3 is 0 Å². The Bertz CT molecular complexity index is 1550. The van der Waals surface area contributed by atoms with Crippen LogP contribution in [0.15, 0.2) is 36.4 Å². The lowest BCUT2D eigenvalue weighted by atomic mass is 9.37. The number of phenols is 1. The van der Waals surface area contributed by atoms with Crippen LogP contribution in [0.1, 0.15) is 102 Å². The second-order valence-corrected chi connectivity index (χ2v) is 15.3. The minimum atomic E-state index is -2.97. The van der Waals surface area contributed by atoms with Gasteiger partial charge in [-0.15, -0.1) is 0 Å². The summed E-state index contributed by atoms with van der Waals surface area (Å²) in [5, 5.41) is 36.3. The number of phenolic OH excluding ortho intramolecular Hbond substituents is 1. The van der Waals surface area contributed by atoms with E-state index in [4.69, 9.17) is 0 Å². The highest BCUT2D eigenvalue weighted by Crippen LogP contribution is 2.66. The second kappa shape index (κ2) is 10.7. The van der Waals surface area contributed by atoms with Crippen molar-refractivity contribution in [2.75, 3.05) is 0 Å². The van der Waals surface area contributed by atoms with Crippen LogP contribution < -0.4 is 0 Å². The van der Waals surface area contributed by atoms with Crippen molar-refractivity contribution in [3.05, 3.63) is 53.1 Å². The van der Waals surface area contributed by atoms with Gasteiger partial charge in [0.05, 0.1) is 17.6 Å². The van der Waals surface area contributed by atoms with Gasteiger partial charge < -0.3 is 15.3 Å². The number of rotatable bonds is 7. The molecule has 0 amide bonds. The first-order chi connectivity index (χ1) is 20.8. The van der Waals surface area contributed by atoms with E-state index in [0.717, 1.165) is 26.2 Å². The van der Waals surface area contributed by atoms with Crippen molar-refractivity contribution in [3.8, 4) is 5.75 Å². The van der Waals surface area contributed by atoms with Crippen LogP contribution in [0.25, 0.3) is 0 Å². The molecule has 8 atom stereocenters. The van der Waals surface area contributed by atoms with Gasteiger partial charge in [0.1, 0.15) is 17.5 Å². The minimum absolute atomic E-state index is 0.0483. The molecule has 2 saturated carbocycles. The van der Waals surface area contributed by atoms with Gasteiger partial charge in [-0.05, 0) is 48.5 Å².